The topological polar surface area (TPSA) is 149 Å². The lowest BCUT2D eigenvalue weighted by molar-refractivity contribution is -0.123. The van der Waals surface area contributed by atoms with Gasteiger partial charge in [-0.1, -0.05) is 0 Å². The summed E-state index contributed by atoms with van der Waals surface area (Å²) < 4.78 is 24.5. The number of sulfone groups is 1. The van der Waals surface area contributed by atoms with E-state index in [0.717, 1.165) is 62.1 Å². The SMILES string of the molecule is CS(=O)(=O)CCNC1CCC(NC(=O)[C@@H]2CCCN2c2nc(Nc3cc(C4CC4)[nH]n3)c3cccn3n2)CC1. The van der Waals surface area contributed by atoms with Gasteiger partial charge in [0, 0.05) is 55.3 Å². The van der Waals surface area contributed by atoms with E-state index < -0.39 is 9.84 Å². The van der Waals surface area contributed by atoms with Gasteiger partial charge in [0.15, 0.2) is 11.6 Å². The molecule has 0 unspecified atom stereocenters. The lowest BCUT2D eigenvalue weighted by atomic mass is 9.91. The number of rotatable bonds is 10. The maximum absolute atomic E-state index is 13.4. The van der Waals surface area contributed by atoms with Crippen molar-refractivity contribution in [3.05, 3.63) is 30.1 Å². The minimum absolute atomic E-state index is 0.0214. The van der Waals surface area contributed by atoms with Crippen LogP contribution in [0.15, 0.2) is 24.4 Å². The molecule has 1 saturated heterocycles. The number of carbonyl (C=O) groups is 1. The Balaban J connectivity index is 1.09. The maximum Gasteiger partial charge on any atom is 0.246 e. The normalized spacial score (nSPS) is 23.8. The molecule has 6 rings (SSSR count). The lowest BCUT2D eigenvalue weighted by Gasteiger charge is -2.31. The van der Waals surface area contributed by atoms with Crippen molar-refractivity contribution in [1.29, 1.82) is 0 Å². The summed E-state index contributed by atoms with van der Waals surface area (Å²) in [5.41, 5.74) is 1.99. The van der Waals surface area contributed by atoms with Gasteiger partial charge in [0.05, 0.1) is 5.75 Å². The first-order valence-corrected chi connectivity index (χ1v) is 16.0. The van der Waals surface area contributed by atoms with E-state index in [2.05, 4.69) is 26.1 Å². The smallest absolute Gasteiger partial charge is 0.246 e. The van der Waals surface area contributed by atoms with Crippen molar-refractivity contribution in [1.82, 2.24) is 35.4 Å². The van der Waals surface area contributed by atoms with E-state index in [0.29, 0.717) is 30.3 Å². The van der Waals surface area contributed by atoms with E-state index in [9.17, 15) is 13.2 Å². The first kappa shape index (κ1) is 26.1. The van der Waals surface area contributed by atoms with Crippen LogP contribution >= 0.6 is 0 Å². The number of H-pyrrole nitrogens is 1. The molecule has 1 aliphatic heterocycles. The van der Waals surface area contributed by atoms with Crippen LogP contribution in [0.1, 0.15) is 63.0 Å². The predicted octanol–water partition coefficient (Wildman–Crippen LogP) is 2.10. The Morgan fingerprint density at radius 1 is 1.13 bits per heavy atom. The van der Waals surface area contributed by atoms with Crippen LogP contribution in [0, 0.1) is 0 Å². The highest BCUT2D eigenvalue weighted by molar-refractivity contribution is 7.90. The van der Waals surface area contributed by atoms with Gasteiger partial charge in [-0.05, 0) is 63.5 Å². The van der Waals surface area contributed by atoms with Crippen LogP contribution in [0.3, 0.4) is 0 Å². The number of fused-ring (bicyclic) bond motifs is 1. The summed E-state index contributed by atoms with van der Waals surface area (Å²) in [5, 5.41) is 22.2. The average molecular weight is 556 g/mol. The second-order valence-electron chi connectivity index (χ2n) is 11.2. The molecule has 3 aromatic rings. The number of aromatic amines is 1. The third-order valence-electron chi connectivity index (χ3n) is 8.03. The van der Waals surface area contributed by atoms with Crippen LogP contribution in [0.2, 0.25) is 0 Å². The summed E-state index contributed by atoms with van der Waals surface area (Å²) in [6.45, 7) is 1.19. The van der Waals surface area contributed by atoms with Crippen LogP contribution in [0.5, 0.6) is 0 Å². The number of carbonyl (C=O) groups excluding carboxylic acids is 1. The van der Waals surface area contributed by atoms with E-state index >= 15 is 0 Å². The Labute approximate surface area is 228 Å². The van der Waals surface area contributed by atoms with Crippen LogP contribution < -0.4 is 20.9 Å². The summed E-state index contributed by atoms with van der Waals surface area (Å²) >= 11 is 0. The van der Waals surface area contributed by atoms with Crippen molar-refractivity contribution in [3.8, 4) is 0 Å². The van der Waals surface area contributed by atoms with Crippen molar-refractivity contribution >= 4 is 38.8 Å². The molecular formula is C26H37N9O3S. The molecule has 13 heteroatoms. The van der Waals surface area contributed by atoms with Crippen molar-refractivity contribution in [2.75, 3.05) is 35.3 Å². The zero-order chi connectivity index (χ0) is 27.0. The molecular weight excluding hydrogens is 518 g/mol. The van der Waals surface area contributed by atoms with Gasteiger partial charge in [0.2, 0.25) is 11.9 Å². The largest absolute Gasteiger partial charge is 0.352 e. The van der Waals surface area contributed by atoms with Crippen molar-refractivity contribution < 1.29 is 13.2 Å². The molecule has 4 N–H and O–H groups in total. The maximum atomic E-state index is 13.4. The first-order valence-electron chi connectivity index (χ1n) is 14.0. The molecule has 1 atom stereocenters. The van der Waals surface area contributed by atoms with E-state index in [-0.39, 0.29) is 23.7 Å². The van der Waals surface area contributed by atoms with Crippen LogP contribution in [0.25, 0.3) is 5.52 Å². The second kappa shape index (κ2) is 10.8. The number of hydrogen-bond donors (Lipinski definition) is 4. The monoisotopic (exact) mass is 555 g/mol. The zero-order valence-electron chi connectivity index (χ0n) is 22.3. The molecule has 1 amide bonds. The second-order valence-corrected chi connectivity index (χ2v) is 13.5. The number of amides is 1. The Kier molecular flexibility index (Phi) is 7.19. The Morgan fingerprint density at radius 2 is 1.92 bits per heavy atom. The fourth-order valence-corrected chi connectivity index (χ4v) is 6.22. The van der Waals surface area contributed by atoms with Crippen LogP contribution in [-0.4, -0.2) is 82.3 Å². The highest BCUT2D eigenvalue weighted by Gasteiger charge is 2.35. The fraction of sp³-hybridized carbons (Fsp3) is 0.615. The van der Waals surface area contributed by atoms with Gasteiger partial charge in [0.1, 0.15) is 21.4 Å². The lowest BCUT2D eigenvalue weighted by Crippen LogP contribution is -2.49. The quantitative estimate of drug-likeness (QED) is 0.295. The summed E-state index contributed by atoms with van der Waals surface area (Å²) in [6.07, 6.45) is 10.8. The molecule has 39 heavy (non-hydrogen) atoms. The van der Waals surface area contributed by atoms with Crippen LogP contribution in [-0.2, 0) is 14.6 Å². The third-order valence-corrected chi connectivity index (χ3v) is 8.98. The highest BCUT2D eigenvalue weighted by atomic mass is 32.2. The van der Waals surface area contributed by atoms with Crippen molar-refractivity contribution in [2.24, 2.45) is 0 Å². The Bertz CT molecular complexity index is 1420. The number of nitrogens with zero attached hydrogens (tertiary/aromatic N) is 5. The van der Waals surface area contributed by atoms with Crippen molar-refractivity contribution in [2.45, 2.75) is 75.4 Å². The molecule has 0 spiro atoms. The number of hydrogen-bond acceptors (Lipinski definition) is 9. The Morgan fingerprint density at radius 3 is 2.69 bits per heavy atom. The predicted molar refractivity (Wildman–Crippen MR) is 149 cm³/mol. The highest BCUT2D eigenvalue weighted by Crippen LogP contribution is 2.39. The zero-order valence-corrected chi connectivity index (χ0v) is 23.1. The summed E-state index contributed by atoms with van der Waals surface area (Å²) in [5.74, 6) is 2.66. The fourth-order valence-electron chi connectivity index (χ4n) is 5.73. The van der Waals surface area contributed by atoms with E-state index in [4.69, 9.17) is 10.1 Å². The minimum atomic E-state index is -2.96. The molecule has 2 aliphatic carbocycles. The molecule has 3 fully saturated rings. The molecule has 0 aromatic carbocycles. The van der Waals surface area contributed by atoms with E-state index in [1.165, 1.54) is 19.1 Å². The van der Waals surface area contributed by atoms with Gasteiger partial charge in [-0.25, -0.2) is 12.9 Å². The molecule has 210 valence electrons. The molecule has 2 saturated carbocycles. The van der Waals surface area contributed by atoms with Crippen LogP contribution in [0.4, 0.5) is 17.6 Å². The molecule has 3 aliphatic rings. The molecule has 0 bridgehead atoms. The molecule has 12 nitrogen and oxygen atoms in total. The first-order chi connectivity index (χ1) is 18.8. The average Bonchev–Trinajstić information content (AvgIpc) is 3.28. The van der Waals surface area contributed by atoms with Gasteiger partial charge in [-0.3, -0.25) is 9.89 Å². The van der Waals surface area contributed by atoms with Gasteiger partial charge in [0.25, 0.3) is 0 Å². The summed E-state index contributed by atoms with van der Waals surface area (Å²) in [4.78, 5) is 20.3. The molecule has 4 heterocycles. The minimum Gasteiger partial charge on any atom is -0.352 e. The standard InChI is InChI=1S/C26H37N9O3S/c1-39(37,38)15-12-27-18-8-10-19(11-9-18)28-25(36)22-5-2-13-34(22)26-30-24(21-4-3-14-35(21)33-26)29-23-16-20(31-32-23)17-6-7-17/h3-4,14,16-19,22,27H,2,5-13,15H2,1H3,(H,28,36)(H2,29,30,31,32,33)/t18?,19?,22-/m0/s1. The number of anilines is 3. The number of aromatic nitrogens is 5. The van der Waals surface area contributed by atoms with Gasteiger partial charge in [-0.15, -0.1) is 5.10 Å². The van der Waals surface area contributed by atoms with E-state index in [1.54, 1.807) is 4.52 Å². The summed E-state index contributed by atoms with van der Waals surface area (Å²) in [6, 6.07) is 6.04. The number of nitrogens with one attached hydrogen (secondary N) is 4. The van der Waals surface area contributed by atoms with Gasteiger partial charge >= 0.3 is 0 Å². The Hall–Kier alpha value is -3.19. The van der Waals surface area contributed by atoms with Gasteiger partial charge < -0.3 is 20.9 Å². The summed E-state index contributed by atoms with van der Waals surface area (Å²) in [7, 11) is -2.96. The molecule has 3 aromatic heterocycles. The van der Waals surface area contributed by atoms with Gasteiger partial charge in [-0.2, -0.15) is 10.1 Å². The third kappa shape index (κ3) is 6.19. The van der Waals surface area contributed by atoms with Crippen molar-refractivity contribution in [3.63, 3.8) is 0 Å². The van der Waals surface area contributed by atoms with E-state index in [1.807, 2.05) is 29.3 Å². The molecule has 0 radical (unpaired) electrons.